The predicted octanol–water partition coefficient (Wildman–Crippen LogP) is 8.48. The van der Waals surface area contributed by atoms with Gasteiger partial charge in [-0.15, -0.1) is 0 Å². The largest absolute Gasteiger partial charge is 0.310 e. The molecule has 3 heteroatoms. The van der Waals surface area contributed by atoms with Crippen molar-refractivity contribution in [3.8, 4) is 11.4 Å². The Balaban J connectivity index is 1.42. The first-order valence-corrected chi connectivity index (χ1v) is 15.8. The molecule has 0 amide bonds. The number of para-hydroxylation sites is 2. The van der Waals surface area contributed by atoms with Crippen molar-refractivity contribution in [1.82, 2.24) is 9.13 Å². The van der Waals surface area contributed by atoms with Crippen molar-refractivity contribution in [2.24, 2.45) is 0 Å². The van der Waals surface area contributed by atoms with Gasteiger partial charge in [0.1, 0.15) is 0 Å². The lowest BCUT2D eigenvalue weighted by atomic mass is 9.34. The van der Waals surface area contributed by atoms with E-state index in [9.17, 15) is 0 Å². The fourth-order valence-corrected chi connectivity index (χ4v) is 9.17. The van der Waals surface area contributed by atoms with Crippen LogP contribution in [0, 0.1) is 0 Å². The Morgan fingerprint density at radius 3 is 1.93 bits per heavy atom. The van der Waals surface area contributed by atoms with Crippen LogP contribution >= 0.6 is 0 Å². The average molecular weight is 566 g/mol. The molecule has 2 nitrogen and oxygen atoms in total. The van der Waals surface area contributed by atoms with E-state index in [0.29, 0.717) is 0 Å². The molecule has 45 heavy (non-hydrogen) atoms. The van der Waals surface area contributed by atoms with Gasteiger partial charge in [0.2, 0.25) is 0 Å². The predicted molar refractivity (Wildman–Crippen MR) is 192 cm³/mol. The summed E-state index contributed by atoms with van der Waals surface area (Å²) in [5.41, 5.74) is 12.1. The quantitative estimate of drug-likeness (QED) is 0.163. The molecule has 8 aromatic carbocycles. The summed E-state index contributed by atoms with van der Waals surface area (Å²) in [6.45, 7) is 0.121. The lowest BCUT2D eigenvalue weighted by Gasteiger charge is -2.35. The molecule has 0 aliphatic carbocycles. The first kappa shape index (κ1) is 22.7. The van der Waals surface area contributed by atoms with Crippen LogP contribution in [-0.2, 0) is 0 Å². The Kier molecular flexibility index (Phi) is 3.85. The molecule has 12 rings (SSSR count). The van der Waals surface area contributed by atoms with Crippen molar-refractivity contribution in [3.05, 3.63) is 140 Å². The Labute approximate surface area is 258 Å². The van der Waals surface area contributed by atoms with Crippen LogP contribution in [0.1, 0.15) is 0 Å². The van der Waals surface area contributed by atoms with Crippen LogP contribution in [0.3, 0.4) is 0 Å². The van der Waals surface area contributed by atoms with Crippen molar-refractivity contribution in [3.63, 3.8) is 0 Å². The standard InChI is InChI=1S/C42H23BN2/c1-5-14-28-24(10-1)20-21-31-30-17-9-18-33-40(30)45(39(28)31)36-23-26-12-3-6-15-29(26)41-38(36)43(33)34-22-25-11-2-4-13-27(25)37-32-16-7-8-19-35(32)44(41)42(34)37/h1-23H. The fourth-order valence-electron chi connectivity index (χ4n) is 9.17. The van der Waals surface area contributed by atoms with E-state index < -0.39 is 0 Å². The van der Waals surface area contributed by atoms with Crippen LogP contribution in [0.5, 0.6) is 0 Å². The van der Waals surface area contributed by atoms with Crippen LogP contribution in [0.4, 0.5) is 0 Å². The molecule has 0 radical (unpaired) electrons. The van der Waals surface area contributed by atoms with Crippen LogP contribution < -0.4 is 16.4 Å². The highest BCUT2D eigenvalue weighted by atomic mass is 15.0. The fraction of sp³-hybridized carbons (Fsp3) is 0. The van der Waals surface area contributed by atoms with Gasteiger partial charge in [-0.05, 0) is 50.1 Å². The van der Waals surface area contributed by atoms with Crippen LogP contribution in [0.25, 0.3) is 87.3 Å². The maximum absolute atomic E-state index is 2.61. The minimum absolute atomic E-state index is 0.121. The molecule has 2 aliphatic rings. The van der Waals surface area contributed by atoms with Gasteiger partial charge in [-0.2, -0.15) is 0 Å². The highest BCUT2D eigenvalue weighted by Gasteiger charge is 2.42. The molecular weight excluding hydrogens is 543 g/mol. The number of fused-ring (bicyclic) bond motifs is 16. The zero-order valence-corrected chi connectivity index (χ0v) is 24.3. The number of nitrogens with zero attached hydrogens (tertiary/aromatic N) is 2. The Morgan fingerprint density at radius 1 is 0.400 bits per heavy atom. The van der Waals surface area contributed by atoms with Gasteiger partial charge in [0.15, 0.2) is 0 Å². The number of aromatic nitrogens is 2. The number of rotatable bonds is 0. The lowest BCUT2D eigenvalue weighted by Crippen LogP contribution is -2.59. The van der Waals surface area contributed by atoms with Gasteiger partial charge in [-0.3, -0.25) is 0 Å². The summed E-state index contributed by atoms with van der Waals surface area (Å²) in [6, 6.07) is 52.5. The Hall–Kier alpha value is -5.80. The van der Waals surface area contributed by atoms with Gasteiger partial charge in [0, 0.05) is 43.5 Å². The van der Waals surface area contributed by atoms with Gasteiger partial charge in [-0.25, -0.2) is 0 Å². The molecule has 0 fully saturated rings. The summed E-state index contributed by atoms with van der Waals surface area (Å²) in [5.74, 6) is 0. The minimum Gasteiger partial charge on any atom is -0.310 e. The third kappa shape index (κ3) is 2.51. The monoisotopic (exact) mass is 566 g/mol. The molecule has 10 aromatic rings. The molecule has 2 aliphatic heterocycles. The summed E-state index contributed by atoms with van der Waals surface area (Å²) >= 11 is 0. The first-order valence-electron chi connectivity index (χ1n) is 15.8. The van der Waals surface area contributed by atoms with E-state index in [2.05, 4.69) is 149 Å². The second kappa shape index (κ2) is 7.64. The summed E-state index contributed by atoms with van der Waals surface area (Å²) in [5, 5.41) is 13.1. The molecule has 0 bridgehead atoms. The zero-order chi connectivity index (χ0) is 29.0. The molecule has 0 N–H and O–H groups in total. The van der Waals surface area contributed by atoms with E-state index in [0.717, 1.165) is 0 Å². The molecule has 0 atom stereocenters. The van der Waals surface area contributed by atoms with Crippen molar-refractivity contribution in [2.45, 2.75) is 0 Å². The van der Waals surface area contributed by atoms with E-state index in [1.165, 1.54) is 104 Å². The van der Waals surface area contributed by atoms with Crippen LogP contribution in [0.15, 0.2) is 140 Å². The summed E-state index contributed by atoms with van der Waals surface area (Å²) in [6.07, 6.45) is 0. The normalized spacial score (nSPS) is 13.3. The van der Waals surface area contributed by atoms with E-state index in [4.69, 9.17) is 0 Å². The van der Waals surface area contributed by atoms with Gasteiger partial charge in [-0.1, -0.05) is 127 Å². The van der Waals surface area contributed by atoms with Crippen molar-refractivity contribution in [2.75, 3.05) is 0 Å². The molecule has 204 valence electrons. The smallest absolute Gasteiger partial charge is 0.252 e. The van der Waals surface area contributed by atoms with E-state index >= 15 is 0 Å². The number of benzene rings is 8. The van der Waals surface area contributed by atoms with E-state index in [-0.39, 0.29) is 6.71 Å². The summed E-state index contributed by atoms with van der Waals surface area (Å²) in [4.78, 5) is 0. The Bertz CT molecular complexity index is 2990. The van der Waals surface area contributed by atoms with Crippen LogP contribution in [-0.4, -0.2) is 15.8 Å². The zero-order valence-electron chi connectivity index (χ0n) is 24.3. The average Bonchev–Trinajstić information content (AvgIpc) is 3.63. The Morgan fingerprint density at radius 2 is 1.07 bits per heavy atom. The topological polar surface area (TPSA) is 9.86 Å². The van der Waals surface area contributed by atoms with E-state index in [1.54, 1.807) is 0 Å². The maximum Gasteiger partial charge on any atom is 0.252 e. The van der Waals surface area contributed by atoms with Crippen molar-refractivity contribution in [1.29, 1.82) is 0 Å². The van der Waals surface area contributed by atoms with Crippen molar-refractivity contribution < 1.29 is 0 Å². The van der Waals surface area contributed by atoms with Crippen LogP contribution in [0.2, 0.25) is 0 Å². The summed E-state index contributed by atoms with van der Waals surface area (Å²) < 4.78 is 5.22. The van der Waals surface area contributed by atoms with Crippen molar-refractivity contribution >= 4 is 99.0 Å². The molecule has 4 heterocycles. The molecule has 2 aromatic heterocycles. The minimum atomic E-state index is 0.121. The molecule has 0 spiro atoms. The third-order valence-electron chi connectivity index (χ3n) is 10.8. The van der Waals surface area contributed by atoms with Gasteiger partial charge >= 0.3 is 0 Å². The van der Waals surface area contributed by atoms with Gasteiger partial charge in [0.05, 0.1) is 22.2 Å². The molecule has 0 saturated carbocycles. The molecular formula is C42H23BN2. The first-order chi connectivity index (χ1) is 22.4. The lowest BCUT2D eigenvalue weighted by molar-refractivity contribution is 1.16. The second-order valence-corrected chi connectivity index (χ2v) is 12.8. The molecule has 0 unspecified atom stereocenters. The second-order valence-electron chi connectivity index (χ2n) is 12.8. The molecule has 0 saturated heterocycles. The highest BCUT2D eigenvalue weighted by molar-refractivity contribution is 7.00. The summed E-state index contributed by atoms with van der Waals surface area (Å²) in [7, 11) is 0. The van der Waals surface area contributed by atoms with Gasteiger partial charge < -0.3 is 9.13 Å². The number of hydrogen-bond donors (Lipinski definition) is 0. The maximum atomic E-state index is 2.61. The number of hydrogen-bond acceptors (Lipinski definition) is 0. The third-order valence-corrected chi connectivity index (χ3v) is 10.8. The van der Waals surface area contributed by atoms with Gasteiger partial charge in [0.25, 0.3) is 6.71 Å². The SMILES string of the molecule is c1ccc2c3c4c(cc2c1)-n1c2c(cccc2c2ccc5ccccc5c21)B4c1cc2ccccc2c2c4ccccc4n-3c12. The van der Waals surface area contributed by atoms with E-state index in [1.807, 2.05) is 0 Å². The highest BCUT2D eigenvalue weighted by Crippen LogP contribution is 2.44.